The third-order valence-electron chi connectivity index (χ3n) is 0.552. The van der Waals surface area contributed by atoms with Gasteiger partial charge in [0.1, 0.15) is 0 Å². The fraction of sp³-hybridized carbons (Fsp3) is 0.600. The number of allylic oxidation sites excluding steroid dienone is 1. The van der Waals surface area contributed by atoms with Crippen LogP contribution in [0.4, 0.5) is 0 Å². The van der Waals surface area contributed by atoms with Crippen molar-refractivity contribution >= 4 is 22.5 Å². The summed E-state index contributed by atoms with van der Waals surface area (Å²) in [4.78, 5) is 0. The van der Waals surface area contributed by atoms with E-state index in [4.69, 9.17) is 0 Å². The van der Waals surface area contributed by atoms with Crippen molar-refractivity contribution in [2.24, 2.45) is 0 Å². The molecule has 0 aromatic carbocycles. The molecule has 0 aromatic rings. The van der Waals surface area contributed by atoms with Crippen LogP contribution in [0, 0.1) is 0 Å². The van der Waals surface area contributed by atoms with Crippen molar-refractivity contribution in [1.29, 1.82) is 0 Å². The summed E-state index contributed by atoms with van der Waals surface area (Å²) >= 11 is 1.62. The Hall–Kier alpha value is 0.539. The Balaban J connectivity index is 2.83. The van der Waals surface area contributed by atoms with Gasteiger partial charge in [-0.1, -0.05) is 0 Å². The monoisotopic (exact) mass is 189 g/mol. The van der Waals surface area contributed by atoms with Gasteiger partial charge in [-0.2, -0.15) is 0 Å². The third kappa shape index (κ3) is 4.54. The molecule has 0 saturated carbocycles. The zero-order valence-corrected chi connectivity index (χ0v) is 6.98. The SMILES string of the molecule is C=C(C)C[CH2][Sn]. The summed E-state index contributed by atoms with van der Waals surface area (Å²) in [5.41, 5.74) is 1.31. The summed E-state index contributed by atoms with van der Waals surface area (Å²) in [5.74, 6) is 0. The van der Waals surface area contributed by atoms with Crippen LogP contribution in [0.3, 0.4) is 0 Å². The molecule has 0 heterocycles. The van der Waals surface area contributed by atoms with Crippen molar-refractivity contribution in [3.63, 3.8) is 0 Å². The fourth-order valence-electron chi connectivity index (χ4n) is 0.213. The molecule has 0 aliphatic carbocycles. The van der Waals surface area contributed by atoms with E-state index in [9.17, 15) is 0 Å². The van der Waals surface area contributed by atoms with Gasteiger partial charge in [-0.3, -0.25) is 0 Å². The molecule has 0 amide bonds. The molecule has 6 heavy (non-hydrogen) atoms. The maximum atomic E-state index is 3.76. The van der Waals surface area contributed by atoms with Crippen LogP contribution in [0.2, 0.25) is 4.44 Å². The molecule has 0 saturated heterocycles. The van der Waals surface area contributed by atoms with E-state index < -0.39 is 0 Å². The Morgan fingerprint density at radius 1 is 1.83 bits per heavy atom. The molecule has 0 nitrogen and oxygen atoms in total. The average molecular weight is 188 g/mol. The van der Waals surface area contributed by atoms with Crippen LogP contribution in [0.15, 0.2) is 12.2 Å². The molecule has 0 atom stereocenters. The zero-order chi connectivity index (χ0) is 4.99. The molecule has 0 rings (SSSR count). The van der Waals surface area contributed by atoms with E-state index in [1.54, 1.807) is 22.5 Å². The van der Waals surface area contributed by atoms with Crippen LogP contribution in [0.1, 0.15) is 13.3 Å². The molecule has 0 spiro atoms. The third-order valence-corrected chi connectivity index (χ3v) is 1.27. The van der Waals surface area contributed by atoms with Crippen LogP contribution in [0.5, 0.6) is 0 Å². The van der Waals surface area contributed by atoms with Crippen molar-refractivity contribution in [2.75, 3.05) is 0 Å². The first-order chi connectivity index (χ1) is 2.77. The standard InChI is InChI=1S/C5H9.Sn/c1-4-5(2)3;/h1-2,4H2,3H3;. The first-order valence-electron chi connectivity index (χ1n) is 2.06. The first-order valence-corrected chi connectivity index (χ1v) is 4.08. The van der Waals surface area contributed by atoms with Crippen LogP contribution in [-0.2, 0) is 0 Å². The average Bonchev–Trinajstić information content (AvgIpc) is 1.35. The number of hydrogen-bond acceptors (Lipinski definition) is 0. The summed E-state index contributed by atoms with van der Waals surface area (Å²) < 4.78 is 1.32. The molecule has 0 aliphatic heterocycles. The summed E-state index contributed by atoms with van der Waals surface area (Å²) in [6.07, 6.45) is 1.22. The van der Waals surface area contributed by atoms with E-state index >= 15 is 0 Å². The molecule has 3 radical (unpaired) electrons. The quantitative estimate of drug-likeness (QED) is 0.455. The molecule has 0 aliphatic rings. The van der Waals surface area contributed by atoms with Gasteiger partial charge in [-0.15, -0.1) is 0 Å². The zero-order valence-electron chi connectivity index (χ0n) is 4.12. The molecule has 1 heteroatoms. The molecule has 0 N–H and O–H groups in total. The van der Waals surface area contributed by atoms with Gasteiger partial charge in [0.05, 0.1) is 0 Å². The van der Waals surface area contributed by atoms with E-state index in [-0.39, 0.29) is 0 Å². The second-order valence-corrected chi connectivity index (χ2v) is 2.88. The Bertz CT molecular complexity index is 47.9. The van der Waals surface area contributed by atoms with Crippen molar-refractivity contribution < 1.29 is 0 Å². The van der Waals surface area contributed by atoms with E-state index in [0.717, 1.165) is 0 Å². The molecule has 33 valence electrons. The second kappa shape index (κ2) is 3.72. The van der Waals surface area contributed by atoms with E-state index in [0.29, 0.717) is 0 Å². The fourth-order valence-corrected chi connectivity index (χ4v) is 1.43. The minimum absolute atomic E-state index is 1.22. The van der Waals surface area contributed by atoms with Gasteiger partial charge in [-0.25, -0.2) is 0 Å². The van der Waals surface area contributed by atoms with Crippen molar-refractivity contribution in [3.8, 4) is 0 Å². The number of hydrogen-bond donors (Lipinski definition) is 0. The summed E-state index contributed by atoms with van der Waals surface area (Å²) in [6.45, 7) is 5.83. The van der Waals surface area contributed by atoms with E-state index in [2.05, 4.69) is 13.5 Å². The summed E-state index contributed by atoms with van der Waals surface area (Å²) in [7, 11) is 0. The van der Waals surface area contributed by atoms with Crippen LogP contribution >= 0.6 is 0 Å². The predicted octanol–water partition coefficient (Wildman–Crippen LogP) is 1.54. The van der Waals surface area contributed by atoms with Gasteiger partial charge in [0.25, 0.3) is 0 Å². The molecule has 0 bridgehead atoms. The normalized spacial score (nSPS) is 8.33. The Kier molecular flexibility index (Phi) is 4.05. The van der Waals surface area contributed by atoms with E-state index in [1.807, 2.05) is 0 Å². The number of rotatable bonds is 2. The van der Waals surface area contributed by atoms with Crippen molar-refractivity contribution in [3.05, 3.63) is 12.2 Å². The Labute approximate surface area is 52.7 Å². The first kappa shape index (κ1) is 6.54. The molecule has 0 aromatic heterocycles. The van der Waals surface area contributed by atoms with Crippen molar-refractivity contribution in [2.45, 2.75) is 17.8 Å². The molecule has 0 unspecified atom stereocenters. The van der Waals surface area contributed by atoms with Gasteiger partial charge in [0.15, 0.2) is 0 Å². The van der Waals surface area contributed by atoms with Gasteiger partial charge in [-0.05, 0) is 0 Å². The van der Waals surface area contributed by atoms with Crippen LogP contribution in [0.25, 0.3) is 0 Å². The Morgan fingerprint density at radius 3 is 2.33 bits per heavy atom. The summed E-state index contributed by atoms with van der Waals surface area (Å²) in [6, 6.07) is 0. The molecular weight excluding hydrogens is 179 g/mol. The van der Waals surface area contributed by atoms with Crippen LogP contribution < -0.4 is 0 Å². The molecular formula is C5H9Sn. The Morgan fingerprint density at radius 2 is 2.33 bits per heavy atom. The van der Waals surface area contributed by atoms with Crippen molar-refractivity contribution in [1.82, 2.24) is 0 Å². The second-order valence-electron chi connectivity index (χ2n) is 1.46. The van der Waals surface area contributed by atoms with Crippen LogP contribution in [-0.4, -0.2) is 22.5 Å². The van der Waals surface area contributed by atoms with Gasteiger partial charge >= 0.3 is 52.5 Å². The maximum absolute atomic E-state index is 3.76. The van der Waals surface area contributed by atoms with Gasteiger partial charge in [0.2, 0.25) is 0 Å². The molecule has 0 fully saturated rings. The van der Waals surface area contributed by atoms with Gasteiger partial charge < -0.3 is 0 Å². The predicted molar refractivity (Wildman–Crippen MR) is 30.0 cm³/mol. The summed E-state index contributed by atoms with van der Waals surface area (Å²) in [5, 5.41) is 0. The topological polar surface area (TPSA) is 0 Å². The minimum atomic E-state index is 1.22. The van der Waals surface area contributed by atoms with Gasteiger partial charge in [0, 0.05) is 0 Å². The van der Waals surface area contributed by atoms with E-state index in [1.165, 1.54) is 16.4 Å².